The van der Waals surface area contributed by atoms with Gasteiger partial charge in [-0.05, 0) is 31.5 Å². The molecule has 2 heterocycles. The van der Waals surface area contributed by atoms with Crippen molar-refractivity contribution in [3.05, 3.63) is 64.9 Å². The van der Waals surface area contributed by atoms with Crippen molar-refractivity contribution in [2.75, 3.05) is 20.3 Å². The molecule has 1 atom stereocenters. The molecule has 0 saturated heterocycles. The Hall–Kier alpha value is -3.95. The number of rotatable bonds is 7. The number of urea groups is 1. The smallest absolute Gasteiger partial charge is 0.358 e. The third-order valence-corrected chi connectivity index (χ3v) is 4.44. The lowest BCUT2D eigenvalue weighted by Crippen LogP contribution is -2.47. The lowest BCUT2D eigenvalue weighted by molar-refractivity contribution is -0.139. The maximum Gasteiger partial charge on any atom is 0.358 e. The van der Waals surface area contributed by atoms with Crippen molar-refractivity contribution in [2.24, 2.45) is 0 Å². The van der Waals surface area contributed by atoms with Crippen LogP contribution in [0.2, 0.25) is 0 Å². The predicted molar refractivity (Wildman–Crippen MR) is 108 cm³/mol. The molecule has 2 N–H and O–H groups in total. The minimum Gasteiger partial charge on any atom is -0.497 e. The second-order valence-corrected chi connectivity index (χ2v) is 6.54. The molecule has 10 nitrogen and oxygen atoms in total. The summed E-state index contributed by atoms with van der Waals surface area (Å²) in [5, 5.41) is 5.24. The highest BCUT2D eigenvalue weighted by Crippen LogP contribution is 2.29. The van der Waals surface area contributed by atoms with Crippen LogP contribution in [-0.4, -0.2) is 48.3 Å². The summed E-state index contributed by atoms with van der Waals surface area (Å²) >= 11 is 0. The van der Waals surface area contributed by atoms with E-state index in [2.05, 4.69) is 20.6 Å². The minimum absolute atomic E-state index is 0.0100. The van der Waals surface area contributed by atoms with E-state index in [1.807, 2.05) is 0 Å². The van der Waals surface area contributed by atoms with Crippen LogP contribution in [0.5, 0.6) is 5.75 Å². The molecule has 1 aliphatic heterocycles. The van der Waals surface area contributed by atoms with E-state index in [0.29, 0.717) is 17.0 Å². The summed E-state index contributed by atoms with van der Waals surface area (Å²) in [5.41, 5.74) is 1.55. The van der Waals surface area contributed by atoms with E-state index in [-0.39, 0.29) is 30.2 Å². The Morgan fingerprint density at radius 1 is 1.06 bits per heavy atom. The van der Waals surface area contributed by atoms with Crippen LogP contribution >= 0.6 is 0 Å². The second kappa shape index (κ2) is 9.70. The first kappa shape index (κ1) is 21.8. The predicted octanol–water partition coefficient (Wildman–Crippen LogP) is 1.82. The molecule has 10 heteroatoms. The number of nitrogens with one attached hydrogen (secondary N) is 2. The fourth-order valence-corrected chi connectivity index (χ4v) is 2.94. The van der Waals surface area contributed by atoms with Crippen molar-refractivity contribution in [1.29, 1.82) is 0 Å². The summed E-state index contributed by atoms with van der Waals surface area (Å²) in [6, 6.07) is 5.52. The Labute approximate surface area is 178 Å². The standard InChI is InChI=1S/C21H22N4O6/c1-4-30-20(27)17-16(11-31-19(26)15-10-22-12(2)9-23-15)24-21(28)25-18(17)13-5-7-14(29-3)8-6-13/h5-10,18H,4,11H2,1-3H3,(H2,24,25,28)/t18-/m1/s1. The quantitative estimate of drug-likeness (QED) is 0.642. The molecular formula is C21H22N4O6. The summed E-state index contributed by atoms with van der Waals surface area (Å²) in [5.74, 6) is -0.756. The molecule has 0 saturated carbocycles. The fraction of sp³-hybridized carbons (Fsp3) is 0.286. The van der Waals surface area contributed by atoms with Gasteiger partial charge in [-0.3, -0.25) is 4.98 Å². The number of amides is 2. The number of ether oxygens (including phenoxy) is 3. The Balaban J connectivity index is 1.91. The van der Waals surface area contributed by atoms with E-state index in [9.17, 15) is 14.4 Å². The Bertz CT molecular complexity index is 1000. The largest absolute Gasteiger partial charge is 0.497 e. The molecule has 1 aliphatic rings. The molecule has 1 aromatic carbocycles. The van der Waals surface area contributed by atoms with Crippen molar-refractivity contribution in [3.8, 4) is 5.75 Å². The molecule has 31 heavy (non-hydrogen) atoms. The SMILES string of the molecule is CCOC(=O)C1=C(COC(=O)c2cnc(C)cn2)NC(=O)N[C@@H]1c1ccc(OC)cc1. The molecule has 162 valence electrons. The van der Waals surface area contributed by atoms with Crippen LogP contribution in [0.1, 0.15) is 34.7 Å². The van der Waals surface area contributed by atoms with Crippen molar-refractivity contribution in [3.63, 3.8) is 0 Å². The van der Waals surface area contributed by atoms with Crippen LogP contribution in [0.15, 0.2) is 47.9 Å². The summed E-state index contributed by atoms with van der Waals surface area (Å²) < 4.78 is 15.6. The number of hydrogen-bond donors (Lipinski definition) is 2. The number of nitrogens with zero attached hydrogens (tertiary/aromatic N) is 2. The fourth-order valence-electron chi connectivity index (χ4n) is 2.94. The first-order chi connectivity index (χ1) is 14.9. The molecule has 3 rings (SSSR count). The zero-order valence-corrected chi connectivity index (χ0v) is 17.3. The molecule has 0 radical (unpaired) electrons. The number of carbonyl (C=O) groups excluding carboxylic acids is 3. The van der Waals surface area contributed by atoms with Gasteiger partial charge in [0.1, 0.15) is 12.4 Å². The van der Waals surface area contributed by atoms with Gasteiger partial charge in [-0.15, -0.1) is 0 Å². The van der Waals surface area contributed by atoms with E-state index in [1.165, 1.54) is 19.5 Å². The summed E-state index contributed by atoms with van der Waals surface area (Å²) in [6.45, 7) is 3.19. The topological polar surface area (TPSA) is 129 Å². The van der Waals surface area contributed by atoms with Gasteiger partial charge in [-0.25, -0.2) is 19.4 Å². The molecule has 2 aromatic rings. The number of methoxy groups -OCH3 is 1. The van der Waals surface area contributed by atoms with Gasteiger partial charge < -0.3 is 24.8 Å². The van der Waals surface area contributed by atoms with Crippen LogP contribution in [-0.2, 0) is 14.3 Å². The molecule has 2 amide bonds. The first-order valence-corrected chi connectivity index (χ1v) is 9.50. The maximum atomic E-state index is 12.7. The zero-order valence-electron chi connectivity index (χ0n) is 17.3. The van der Waals surface area contributed by atoms with Gasteiger partial charge in [0.25, 0.3) is 0 Å². The number of aryl methyl sites for hydroxylation is 1. The number of aromatic nitrogens is 2. The number of benzene rings is 1. The molecule has 0 bridgehead atoms. The van der Waals surface area contributed by atoms with Gasteiger partial charge in [0.15, 0.2) is 5.69 Å². The molecule has 0 unspecified atom stereocenters. The molecule has 0 spiro atoms. The molecular weight excluding hydrogens is 404 g/mol. The Morgan fingerprint density at radius 2 is 1.81 bits per heavy atom. The van der Waals surface area contributed by atoms with Crippen LogP contribution < -0.4 is 15.4 Å². The Kier molecular flexibility index (Phi) is 6.81. The third kappa shape index (κ3) is 5.16. The number of hydrogen-bond acceptors (Lipinski definition) is 8. The summed E-state index contributed by atoms with van der Waals surface area (Å²) in [7, 11) is 1.54. The van der Waals surface area contributed by atoms with Crippen molar-refractivity contribution < 1.29 is 28.6 Å². The van der Waals surface area contributed by atoms with E-state index in [1.54, 1.807) is 38.1 Å². The zero-order chi connectivity index (χ0) is 22.4. The minimum atomic E-state index is -0.799. The number of carbonyl (C=O) groups is 3. The maximum absolute atomic E-state index is 12.7. The van der Waals surface area contributed by atoms with Crippen molar-refractivity contribution in [2.45, 2.75) is 19.9 Å². The van der Waals surface area contributed by atoms with Crippen LogP contribution in [0.25, 0.3) is 0 Å². The lowest BCUT2D eigenvalue weighted by Gasteiger charge is -2.29. The van der Waals surface area contributed by atoms with Crippen molar-refractivity contribution >= 4 is 18.0 Å². The van der Waals surface area contributed by atoms with Gasteiger partial charge in [0.2, 0.25) is 0 Å². The summed E-state index contributed by atoms with van der Waals surface area (Å²) in [4.78, 5) is 45.2. The van der Waals surface area contributed by atoms with Crippen LogP contribution in [0.3, 0.4) is 0 Å². The van der Waals surface area contributed by atoms with E-state index in [0.717, 1.165) is 0 Å². The van der Waals surface area contributed by atoms with Crippen molar-refractivity contribution in [1.82, 2.24) is 20.6 Å². The average molecular weight is 426 g/mol. The van der Waals surface area contributed by atoms with E-state index < -0.39 is 24.0 Å². The molecule has 1 aromatic heterocycles. The van der Waals surface area contributed by atoms with Crippen LogP contribution in [0.4, 0.5) is 4.79 Å². The van der Waals surface area contributed by atoms with E-state index >= 15 is 0 Å². The molecule has 0 aliphatic carbocycles. The molecule has 0 fully saturated rings. The highest BCUT2D eigenvalue weighted by atomic mass is 16.5. The van der Waals surface area contributed by atoms with Gasteiger partial charge in [-0.2, -0.15) is 0 Å². The monoisotopic (exact) mass is 426 g/mol. The van der Waals surface area contributed by atoms with E-state index in [4.69, 9.17) is 14.2 Å². The van der Waals surface area contributed by atoms with Crippen LogP contribution in [0, 0.1) is 6.92 Å². The van der Waals surface area contributed by atoms with Gasteiger partial charge >= 0.3 is 18.0 Å². The van der Waals surface area contributed by atoms with Gasteiger partial charge in [0.05, 0.1) is 42.9 Å². The first-order valence-electron chi connectivity index (χ1n) is 9.50. The van der Waals surface area contributed by atoms with Gasteiger partial charge in [0, 0.05) is 6.20 Å². The summed E-state index contributed by atoms with van der Waals surface area (Å²) in [6.07, 6.45) is 2.73. The number of esters is 2. The Morgan fingerprint density at radius 3 is 2.42 bits per heavy atom. The lowest BCUT2D eigenvalue weighted by atomic mass is 9.95. The second-order valence-electron chi connectivity index (χ2n) is 6.54. The highest BCUT2D eigenvalue weighted by Gasteiger charge is 2.34. The van der Waals surface area contributed by atoms with Gasteiger partial charge in [-0.1, -0.05) is 12.1 Å². The normalized spacial score (nSPS) is 15.6. The highest BCUT2D eigenvalue weighted by molar-refractivity contribution is 5.95. The average Bonchev–Trinajstić information content (AvgIpc) is 2.77. The third-order valence-electron chi connectivity index (χ3n) is 4.44.